The summed E-state index contributed by atoms with van der Waals surface area (Å²) in [7, 11) is -2.78. The Morgan fingerprint density at radius 1 is 1.04 bits per heavy atom. The van der Waals surface area contributed by atoms with Crippen LogP contribution in [0, 0.1) is 0 Å². The average Bonchev–Trinajstić information content (AvgIpc) is 3.13. The largest absolute Gasteiger partial charge is 0.302 e. The summed E-state index contributed by atoms with van der Waals surface area (Å²) in [5.41, 5.74) is 1.24. The van der Waals surface area contributed by atoms with E-state index in [9.17, 15) is 4.57 Å². The number of rotatable bonds is 3. The van der Waals surface area contributed by atoms with Gasteiger partial charge >= 0.3 is 0 Å². The highest BCUT2D eigenvalue weighted by atomic mass is 31.2. The number of hydrogen-bond acceptors (Lipinski definition) is 2. The van der Waals surface area contributed by atoms with Crippen molar-refractivity contribution in [3.8, 4) is 0 Å². The molecule has 0 radical (unpaired) electrons. The minimum Gasteiger partial charge on any atom is -0.302 e. The van der Waals surface area contributed by atoms with E-state index in [-0.39, 0.29) is 6.04 Å². The van der Waals surface area contributed by atoms with Gasteiger partial charge < -0.3 is 4.90 Å². The zero-order chi connectivity index (χ0) is 16.6. The SMILES string of the molecule is CC1c2ccccc2P(=O)(c2ccccc2)N[C@H]1CN1CCCC1. The summed E-state index contributed by atoms with van der Waals surface area (Å²) in [5.74, 6) is 0.368. The molecule has 0 spiro atoms. The van der Waals surface area contributed by atoms with Crippen molar-refractivity contribution in [1.82, 2.24) is 9.99 Å². The molecule has 2 aliphatic heterocycles. The van der Waals surface area contributed by atoms with Gasteiger partial charge in [-0.1, -0.05) is 43.3 Å². The van der Waals surface area contributed by atoms with Crippen LogP contribution in [0.5, 0.6) is 0 Å². The molecule has 4 heteroatoms. The van der Waals surface area contributed by atoms with Crippen LogP contribution in [0.2, 0.25) is 0 Å². The maximum absolute atomic E-state index is 14.1. The number of hydrogen-bond donors (Lipinski definition) is 1. The van der Waals surface area contributed by atoms with E-state index in [0.29, 0.717) is 5.92 Å². The summed E-state index contributed by atoms with van der Waals surface area (Å²) in [4.78, 5) is 2.51. The number of fused-ring (bicyclic) bond motifs is 1. The summed E-state index contributed by atoms with van der Waals surface area (Å²) < 4.78 is 14.1. The molecule has 1 saturated heterocycles. The van der Waals surface area contributed by atoms with Crippen LogP contribution in [-0.2, 0) is 4.57 Å². The van der Waals surface area contributed by atoms with Crippen molar-refractivity contribution in [1.29, 1.82) is 0 Å². The van der Waals surface area contributed by atoms with Gasteiger partial charge in [0.25, 0.3) is 0 Å². The lowest BCUT2D eigenvalue weighted by Crippen LogP contribution is -2.49. The second kappa shape index (κ2) is 6.48. The molecule has 0 aliphatic carbocycles. The van der Waals surface area contributed by atoms with Crippen LogP contribution in [0.4, 0.5) is 0 Å². The summed E-state index contributed by atoms with van der Waals surface area (Å²) in [6.07, 6.45) is 2.57. The summed E-state index contributed by atoms with van der Waals surface area (Å²) >= 11 is 0. The van der Waals surface area contributed by atoms with E-state index in [1.54, 1.807) is 0 Å². The molecule has 3 atom stereocenters. The molecule has 1 N–H and O–H groups in total. The van der Waals surface area contributed by atoms with Crippen LogP contribution in [0.1, 0.15) is 31.2 Å². The highest BCUT2D eigenvalue weighted by Crippen LogP contribution is 2.46. The maximum Gasteiger partial charge on any atom is 0.205 e. The second-order valence-electron chi connectivity index (χ2n) is 7.04. The van der Waals surface area contributed by atoms with Gasteiger partial charge in [0.1, 0.15) is 0 Å². The fraction of sp³-hybridized carbons (Fsp3) is 0.400. The van der Waals surface area contributed by atoms with Crippen LogP contribution in [0.3, 0.4) is 0 Å². The fourth-order valence-corrected chi connectivity index (χ4v) is 6.95. The summed E-state index contributed by atoms with van der Waals surface area (Å²) in [6, 6.07) is 18.4. The van der Waals surface area contributed by atoms with Gasteiger partial charge in [-0.05, 0) is 55.6 Å². The molecule has 2 heterocycles. The first-order chi connectivity index (χ1) is 11.7. The summed E-state index contributed by atoms with van der Waals surface area (Å²) in [5, 5.41) is 5.49. The Balaban J connectivity index is 1.75. The molecule has 2 aromatic carbocycles. The minimum atomic E-state index is -2.78. The zero-order valence-electron chi connectivity index (χ0n) is 14.2. The molecule has 1 fully saturated rings. The Labute approximate surface area is 144 Å². The van der Waals surface area contributed by atoms with Gasteiger partial charge in [0.15, 0.2) is 0 Å². The third-order valence-corrected chi connectivity index (χ3v) is 8.30. The van der Waals surface area contributed by atoms with Crippen LogP contribution in [0.25, 0.3) is 0 Å². The zero-order valence-corrected chi connectivity index (χ0v) is 15.1. The normalized spacial score (nSPS) is 30.2. The van der Waals surface area contributed by atoms with E-state index in [1.807, 2.05) is 42.5 Å². The first-order valence-corrected chi connectivity index (χ1v) is 10.6. The molecule has 0 aromatic heterocycles. The lowest BCUT2D eigenvalue weighted by molar-refractivity contribution is 0.288. The van der Waals surface area contributed by atoms with E-state index < -0.39 is 7.29 Å². The molecular formula is C20H25N2OP. The number of likely N-dealkylation sites (tertiary alicyclic amines) is 1. The van der Waals surface area contributed by atoms with Gasteiger partial charge in [-0.3, -0.25) is 9.65 Å². The Morgan fingerprint density at radius 3 is 2.46 bits per heavy atom. The lowest BCUT2D eigenvalue weighted by Gasteiger charge is -2.39. The molecule has 2 aromatic rings. The smallest absolute Gasteiger partial charge is 0.205 e. The van der Waals surface area contributed by atoms with Gasteiger partial charge in [0.05, 0.1) is 0 Å². The molecule has 4 rings (SSSR count). The number of nitrogens with one attached hydrogen (secondary N) is 1. The van der Waals surface area contributed by atoms with Gasteiger partial charge in [-0.15, -0.1) is 0 Å². The van der Waals surface area contributed by atoms with Crippen molar-refractivity contribution in [2.75, 3.05) is 19.6 Å². The predicted octanol–water partition coefficient (Wildman–Crippen LogP) is 3.09. The third-order valence-electron chi connectivity index (χ3n) is 5.49. The molecular weight excluding hydrogens is 315 g/mol. The van der Waals surface area contributed by atoms with Gasteiger partial charge in [0.2, 0.25) is 7.29 Å². The van der Waals surface area contributed by atoms with E-state index in [4.69, 9.17) is 0 Å². The van der Waals surface area contributed by atoms with Gasteiger partial charge in [-0.2, -0.15) is 0 Å². The molecule has 2 unspecified atom stereocenters. The predicted molar refractivity (Wildman–Crippen MR) is 101 cm³/mol. The monoisotopic (exact) mass is 340 g/mol. The number of benzene rings is 2. The van der Waals surface area contributed by atoms with Crippen molar-refractivity contribution in [3.63, 3.8) is 0 Å². The fourth-order valence-electron chi connectivity index (χ4n) is 4.08. The molecule has 2 aliphatic rings. The first kappa shape index (κ1) is 16.1. The Hall–Kier alpha value is -1.41. The highest BCUT2D eigenvalue weighted by Gasteiger charge is 2.40. The van der Waals surface area contributed by atoms with Crippen molar-refractivity contribution in [2.45, 2.75) is 31.7 Å². The van der Waals surface area contributed by atoms with E-state index in [2.05, 4.69) is 29.0 Å². The highest BCUT2D eigenvalue weighted by molar-refractivity contribution is 7.77. The van der Waals surface area contributed by atoms with E-state index >= 15 is 0 Å². The van der Waals surface area contributed by atoms with Crippen molar-refractivity contribution < 1.29 is 4.57 Å². The van der Waals surface area contributed by atoms with E-state index in [1.165, 1.54) is 31.5 Å². The lowest BCUT2D eigenvalue weighted by atomic mass is 9.93. The van der Waals surface area contributed by atoms with E-state index in [0.717, 1.165) is 17.2 Å². The van der Waals surface area contributed by atoms with Crippen molar-refractivity contribution in [3.05, 3.63) is 60.2 Å². The van der Waals surface area contributed by atoms with Crippen LogP contribution in [0.15, 0.2) is 54.6 Å². The number of nitrogens with zero attached hydrogens (tertiary/aromatic N) is 1. The quantitative estimate of drug-likeness (QED) is 0.872. The maximum atomic E-state index is 14.1. The van der Waals surface area contributed by atoms with Crippen molar-refractivity contribution in [2.24, 2.45) is 0 Å². The van der Waals surface area contributed by atoms with Crippen molar-refractivity contribution >= 4 is 17.9 Å². The first-order valence-electron chi connectivity index (χ1n) is 8.94. The van der Waals surface area contributed by atoms with Crippen LogP contribution >= 0.6 is 7.29 Å². The standard InChI is InChI=1S/C20H25N2OP/c1-16-18-11-5-6-12-20(18)24(23,17-9-3-2-4-10-17)21-19(16)15-22-13-7-8-14-22/h2-6,9-12,16,19H,7-8,13-15H2,1H3,(H,21,23)/t16?,19-,24?/m0/s1. The van der Waals surface area contributed by atoms with Crippen LogP contribution in [-0.4, -0.2) is 30.6 Å². The molecule has 0 bridgehead atoms. The summed E-state index contributed by atoms with van der Waals surface area (Å²) in [6.45, 7) is 5.58. The molecule has 24 heavy (non-hydrogen) atoms. The third kappa shape index (κ3) is 2.75. The molecule has 0 saturated carbocycles. The Kier molecular flexibility index (Phi) is 4.34. The molecule has 126 valence electrons. The minimum absolute atomic E-state index is 0.226. The Morgan fingerprint density at radius 2 is 1.71 bits per heavy atom. The van der Waals surface area contributed by atoms with Crippen LogP contribution < -0.4 is 15.7 Å². The topological polar surface area (TPSA) is 32.3 Å². The average molecular weight is 340 g/mol. The molecule has 0 amide bonds. The second-order valence-corrected chi connectivity index (χ2v) is 9.51. The molecule has 3 nitrogen and oxygen atoms in total. The Bertz CT molecular complexity index is 755. The van der Waals surface area contributed by atoms with Gasteiger partial charge in [0, 0.05) is 23.2 Å². The van der Waals surface area contributed by atoms with Gasteiger partial charge in [-0.25, -0.2) is 0 Å².